The average Bonchev–Trinajstić information content (AvgIpc) is 2.94. The summed E-state index contributed by atoms with van der Waals surface area (Å²) in [6, 6.07) is 10.8. The molecule has 1 aliphatic rings. The predicted octanol–water partition coefficient (Wildman–Crippen LogP) is 3.21. The third kappa shape index (κ3) is 2.56. The van der Waals surface area contributed by atoms with E-state index in [1.54, 1.807) is 11.0 Å². The van der Waals surface area contributed by atoms with Gasteiger partial charge in [-0.2, -0.15) is 0 Å². The van der Waals surface area contributed by atoms with Crippen LogP contribution in [0, 0.1) is 10.1 Å². The summed E-state index contributed by atoms with van der Waals surface area (Å²) in [5.41, 5.74) is 1.20. The second kappa shape index (κ2) is 5.47. The molecule has 1 aromatic heterocycles. The molecule has 21 heavy (non-hydrogen) atoms. The third-order valence-electron chi connectivity index (χ3n) is 3.60. The van der Waals surface area contributed by atoms with Gasteiger partial charge in [0.05, 0.1) is 17.0 Å². The molecule has 1 aromatic carbocycles. The highest BCUT2D eigenvalue weighted by molar-refractivity contribution is 5.80. The molecule has 6 heteroatoms. The first kappa shape index (κ1) is 13.5. The largest absolute Gasteiger partial charge is 0.348 e. The van der Waals surface area contributed by atoms with Crippen LogP contribution in [0.3, 0.4) is 0 Å². The molecular weight excluding hydrogens is 273 g/mol. The van der Waals surface area contributed by atoms with Crippen LogP contribution in [0.2, 0.25) is 0 Å². The molecule has 2 heterocycles. The Morgan fingerprint density at radius 1 is 1.29 bits per heavy atom. The molecule has 1 fully saturated rings. The van der Waals surface area contributed by atoms with Crippen molar-refractivity contribution in [1.29, 1.82) is 0 Å². The molecule has 0 bridgehead atoms. The van der Waals surface area contributed by atoms with Crippen LogP contribution in [-0.2, 0) is 0 Å². The average molecular weight is 287 g/mol. The van der Waals surface area contributed by atoms with E-state index in [4.69, 9.17) is 0 Å². The summed E-state index contributed by atoms with van der Waals surface area (Å²) in [5, 5.41) is 11.5. The maximum absolute atomic E-state index is 13.4. The van der Waals surface area contributed by atoms with Crippen molar-refractivity contribution in [3.63, 3.8) is 0 Å². The third-order valence-corrected chi connectivity index (χ3v) is 3.60. The lowest BCUT2D eigenvalue weighted by Crippen LogP contribution is -2.22. The minimum atomic E-state index is -0.952. The number of alkyl halides is 1. The number of rotatable bonds is 3. The molecular formula is C15H14FN3O2. The van der Waals surface area contributed by atoms with E-state index in [0.717, 1.165) is 5.56 Å². The van der Waals surface area contributed by atoms with Crippen molar-refractivity contribution in [3.8, 4) is 11.1 Å². The van der Waals surface area contributed by atoms with Gasteiger partial charge < -0.3 is 4.90 Å². The maximum atomic E-state index is 13.4. The fourth-order valence-electron chi connectivity index (χ4n) is 2.62. The van der Waals surface area contributed by atoms with E-state index in [2.05, 4.69) is 4.98 Å². The van der Waals surface area contributed by atoms with Crippen molar-refractivity contribution in [1.82, 2.24) is 4.98 Å². The SMILES string of the molecule is O=[N+]([O-])c1c(-c2ccccc2)ccnc1N1CC[C@H](F)C1. The lowest BCUT2D eigenvalue weighted by molar-refractivity contribution is -0.383. The highest BCUT2D eigenvalue weighted by Crippen LogP contribution is 2.37. The minimum absolute atomic E-state index is 0.0576. The smallest absolute Gasteiger partial charge is 0.319 e. The van der Waals surface area contributed by atoms with Crippen LogP contribution in [0.15, 0.2) is 42.6 Å². The molecule has 0 N–H and O–H groups in total. The number of hydrogen-bond donors (Lipinski definition) is 0. The summed E-state index contributed by atoms with van der Waals surface area (Å²) in [7, 11) is 0. The van der Waals surface area contributed by atoms with Gasteiger partial charge in [-0.1, -0.05) is 30.3 Å². The Balaban J connectivity index is 2.12. The van der Waals surface area contributed by atoms with E-state index in [0.29, 0.717) is 18.5 Å². The van der Waals surface area contributed by atoms with E-state index in [1.807, 2.05) is 30.3 Å². The highest BCUT2D eigenvalue weighted by atomic mass is 19.1. The summed E-state index contributed by atoms with van der Waals surface area (Å²) in [6.45, 7) is 0.610. The van der Waals surface area contributed by atoms with Gasteiger partial charge in [-0.05, 0) is 18.1 Å². The van der Waals surface area contributed by atoms with Crippen molar-refractivity contribution in [2.75, 3.05) is 18.0 Å². The molecule has 1 saturated heterocycles. The molecule has 3 rings (SSSR count). The van der Waals surface area contributed by atoms with Crippen molar-refractivity contribution in [2.45, 2.75) is 12.6 Å². The molecule has 1 atom stereocenters. The number of pyridine rings is 1. The molecule has 1 aliphatic heterocycles. The summed E-state index contributed by atoms with van der Waals surface area (Å²) >= 11 is 0. The number of nitro groups is 1. The van der Waals surface area contributed by atoms with Gasteiger partial charge in [-0.25, -0.2) is 9.37 Å². The highest BCUT2D eigenvalue weighted by Gasteiger charge is 2.31. The Hall–Kier alpha value is -2.50. The molecule has 0 spiro atoms. The molecule has 0 amide bonds. The fourth-order valence-corrected chi connectivity index (χ4v) is 2.62. The van der Waals surface area contributed by atoms with Crippen LogP contribution >= 0.6 is 0 Å². The van der Waals surface area contributed by atoms with Gasteiger partial charge in [-0.3, -0.25) is 10.1 Å². The van der Waals surface area contributed by atoms with Crippen molar-refractivity contribution in [2.24, 2.45) is 0 Å². The van der Waals surface area contributed by atoms with Crippen molar-refractivity contribution >= 4 is 11.5 Å². The predicted molar refractivity (Wildman–Crippen MR) is 78.1 cm³/mol. The van der Waals surface area contributed by atoms with Gasteiger partial charge >= 0.3 is 5.69 Å². The van der Waals surface area contributed by atoms with Crippen molar-refractivity contribution < 1.29 is 9.31 Å². The van der Waals surface area contributed by atoms with Crippen LogP contribution in [0.25, 0.3) is 11.1 Å². The molecule has 2 aromatic rings. The van der Waals surface area contributed by atoms with E-state index >= 15 is 0 Å². The molecule has 108 valence electrons. The number of hydrogen-bond acceptors (Lipinski definition) is 4. The van der Waals surface area contributed by atoms with Crippen LogP contribution < -0.4 is 4.90 Å². The van der Waals surface area contributed by atoms with Gasteiger partial charge in [0.1, 0.15) is 6.17 Å². The molecule has 0 aliphatic carbocycles. The monoisotopic (exact) mass is 287 g/mol. The van der Waals surface area contributed by atoms with Crippen LogP contribution in [0.5, 0.6) is 0 Å². The Bertz CT molecular complexity index is 663. The number of benzene rings is 1. The number of nitrogens with zero attached hydrogens (tertiary/aromatic N) is 3. The first-order valence-electron chi connectivity index (χ1n) is 6.74. The zero-order valence-corrected chi connectivity index (χ0v) is 11.3. The number of halogens is 1. The van der Waals surface area contributed by atoms with E-state index in [1.165, 1.54) is 6.20 Å². The Morgan fingerprint density at radius 2 is 2.05 bits per heavy atom. The summed E-state index contributed by atoms with van der Waals surface area (Å²) in [4.78, 5) is 16.8. The number of aromatic nitrogens is 1. The Morgan fingerprint density at radius 3 is 2.67 bits per heavy atom. The quantitative estimate of drug-likeness (QED) is 0.642. The van der Waals surface area contributed by atoms with Gasteiger partial charge in [0.25, 0.3) is 0 Å². The molecule has 0 saturated carbocycles. The minimum Gasteiger partial charge on any atom is -0.348 e. The van der Waals surface area contributed by atoms with Crippen LogP contribution in [0.4, 0.5) is 15.9 Å². The van der Waals surface area contributed by atoms with E-state index in [-0.39, 0.29) is 18.1 Å². The Labute approximate surface area is 121 Å². The van der Waals surface area contributed by atoms with Gasteiger partial charge in [-0.15, -0.1) is 0 Å². The zero-order chi connectivity index (χ0) is 14.8. The molecule has 0 unspecified atom stereocenters. The summed E-state index contributed by atoms with van der Waals surface area (Å²) in [5.74, 6) is 0.251. The summed E-state index contributed by atoms with van der Waals surface area (Å²) < 4.78 is 13.4. The van der Waals surface area contributed by atoms with Gasteiger partial charge in [0.2, 0.25) is 5.82 Å². The van der Waals surface area contributed by atoms with Crippen LogP contribution in [0.1, 0.15) is 6.42 Å². The maximum Gasteiger partial charge on any atom is 0.319 e. The molecule has 0 radical (unpaired) electrons. The fraction of sp³-hybridized carbons (Fsp3) is 0.267. The zero-order valence-electron chi connectivity index (χ0n) is 11.3. The topological polar surface area (TPSA) is 59.3 Å². The first-order valence-corrected chi connectivity index (χ1v) is 6.74. The lowest BCUT2D eigenvalue weighted by atomic mass is 10.1. The second-order valence-electron chi connectivity index (χ2n) is 4.99. The van der Waals surface area contributed by atoms with E-state index in [9.17, 15) is 14.5 Å². The Kier molecular flexibility index (Phi) is 3.51. The van der Waals surface area contributed by atoms with Gasteiger partial charge in [0.15, 0.2) is 0 Å². The first-order chi connectivity index (χ1) is 10.2. The number of anilines is 1. The summed E-state index contributed by atoms with van der Waals surface area (Å²) in [6.07, 6.45) is 0.969. The molecule has 5 nitrogen and oxygen atoms in total. The standard InChI is InChI=1S/C15H14FN3O2/c16-12-7-9-18(10-12)15-14(19(20)21)13(6-8-17-15)11-4-2-1-3-5-11/h1-6,8,12H,7,9-10H2/t12-/m0/s1. The van der Waals surface area contributed by atoms with E-state index < -0.39 is 11.1 Å². The lowest BCUT2D eigenvalue weighted by Gasteiger charge is -2.17. The second-order valence-corrected chi connectivity index (χ2v) is 4.99. The normalized spacial score (nSPS) is 18.0. The van der Waals surface area contributed by atoms with Gasteiger partial charge in [0, 0.05) is 12.7 Å². The van der Waals surface area contributed by atoms with Crippen LogP contribution in [-0.4, -0.2) is 29.2 Å². The van der Waals surface area contributed by atoms with Crippen molar-refractivity contribution in [3.05, 3.63) is 52.7 Å².